The summed E-state index contributed by atoms with van der Waals surface area (Å²) in [5, 5.41) is 8.13. The molecule has 1 atom stereocenters. The van der Waals surface area contributed by atoms with Crippen LogP contribution in [-0.2, 0) is 4.79 Å². The van der Waals surface area contributed by atoms with Gasteiger partial charge in [0.25, 0.3) is 5.91 Å². The molecule has 0 heterocycles. The van der Waals surface area contributed by atoms with Crippen molar-refractivity contribution in [1.82, 2.24) is 5.32 Å². The van der Waals surface area contributed by atoms with Crippen LogP contribution in [0.1, 0.15) is 6.92 Å². The second kappa shape index (κ2) is 7.77. The van der Waals surface area contributed by atoms with Gasteiger partial charge in [-0.2, -0.15) is 0 Å². The van der Waals surface area contributed by atoms with Crippen molar-refractivity contribution in [2.75, 3.05) is 5.32 Å². The Hall–Kier alpha value is -2.92. The van der Waals surface area contributed by atoms with E-state index in [2.05, 4.69) is 10.6 Å². The Kier molecular flexibility index (Phi) is 5.26. The third-order valence-electron chi connectivity index (χ3n) is 3.70. The number of fused-ring (bicyclic) bond motifs is 1. The SMILES string of the molecule is C[C@@H](Oc1ccccc1)C(=O)NC(=S)Nc1cccc2ccccc12. The first-order valence-electron chi connectivity index (χ1n) is 7.95. The van der Waals surface area contributed by atoms with Crippen LogP contribution in [0.4, 0.5) is 5.69 Å². The summed E-state index contributed by atoms with van der Waals surface area (Å²) in [7, 11) is 0. The third-order valence-corrected chi connectivity index (χ3v) is 3.90. The highest BCUT2D eigenvalue weighted by Gasteiger charge is 2.16. The van der Waals surface area contributed by atoms with Gasteiger partial charge in [0.05, 0.1) is 0 Å². The van der Waals surface area contributed by atoms with Crippen molar-refractivity contribution in [1.29, 1.82) is 0 Å². The summed E-state index contributed by atoms with van der Waals surface area (Å²) in [6.45, 7) is 1.68. The minimum atomic E-state index is -0.658. The number of anilines is 1. The molecule has 0 aliphatic rings. The van der Waals surface area contributed by atoms with Crippen molar-refractivity contribution in [3.05, 3.63) is 72.8 Å². The maximum Gasteiger partial charge on any atom is 0.266 e. The molecule has 4 nitrogen and oxygen atoms in total. The molecule has 0 fully saturated rings. The smallest absolute Gasteiger partial charge is 0.266 e. The van der Waals surface area contributed by atoms with Crippen LogP contribution in [0.25, 0.3) is 10.8 Å². The summed E-state index contributed by atoms with van der Waals surface area (Å²) in [6.07, 6.45) is -0.658. The topological polar surface area (TPSA) is 50.4 Å². The minimum absolute atomic E-state index is 0.241. The van der Waals surface area contributed by atoms with E-state index < -0.39 is 6.10 Å². The van der Waals surface area contributed by atoms with Gasteiger partial charge in [-0.3, -0.25) is 10.1 Å². The van der Waals surface area contributed by atoms with E-state index in [9.17, 15) is 4.79 Å². The van der Waals surface area contributed by atoms with Gasteiger partial charge < -0.3 is 10.1 Å². The molecular formula is C20H18N2O2S. The number of hydrogen-bond acceptors (Lipinski definition) is 3. The van der Waals surface area contributed by atoms with Gasteiger partial charge in [0.1, 0.15) is 5.75 Å². The van der Waals surface area contributed by atoms with E-state index >= 15 is 0 Å². The molecule has 0 spiro atoms. The molecule has 1 amide bonds. The highest BCUT2D eigenvalue weighted by Crippen LogP contribution is 2.22. The molecule has 0 unspecified atom stereocenters. The quantitative estimate of drug-likeness (QED) is 0.695. The van der Waals surface area contributed by atoms with Crippen LogP contribution in [0.5, 0.6) is 5.75 Å². The van der Waals surface area contributed by atoms with Gasteiger partial charge in [-0.25, -0.2) is 0 Å². The van der Waals surface area contributed by atoms with Crippen molar-refractivity contribution in [3.63, 3.8) is 0 Å². The molecule has 3 aromatic carbocycles. The van der Waals surface area contributed by atoms with Crippen molar-refractivity contribution in [3.8, 4) is 5.75 Å². The van der Waals surface area contributed by atoms with Gasteiger partial charge in [-0.05, 0) is 42.7 Å². The molecule has 126 valence electrons. The predicted molar refractivity (Wildman–Crippen MR) is 105 cm³/mol. The Morgan fingerprint density at radius 3 is 2.44 bits per heavy atom. The lowest BCUT2D eigenvalue weighted by molar-refractivity contribution is -0.125. The lowest BCUT2D eigenvalue weighted by Crippen LogP contribution is -2.42. The van der Waals surface area contributed by atoms with Crippen LogP contribution in [0.3, 0.4) is 0 Å². The number of thiocarbonyl (C=S) groups is 1. The molecule has 0 aliphatic carbocycles. The van der Waals surface area contributed by atoms with Crippen molar-refractivity contribution in [2.24, 2.45) is 0 Å². The van der Waals surface area contributed by atoms with E-state index in [0.717, 1.165) is 16.5 Å². The minimum Gasteiger partial charge on any atom is -0.481 e. The van der Waals surface area contributed by atoms with E-state index in [4.69, 9.17) is 17.0 Å². The molecule has 25 heavy (non-hydrogen) atoms. The van der Waals surface area contributed by atoms with E-state index in [0.29, 0.717) is 5.75 Å². The largest absolute Gasteiger partial charge is 0.481 e. The van der Waals surface area contributed by atoms with Gasteiger partial charge in [-0.1, -0.05) is 54.6 Å². The highest BCUT2D eigenvalue weighted by atomic mass is 32.1. The monoisotopic (exact) mass is 350 g/mol. The first-order chi connectivity index (χ1) is 12.1. The summed E-state index contributed by atoms with van der Waals surface area (Å²) in [5.74, 6) is 0.333. The lowest BCUT2D eigenvalue weighted by atomic mass is 10.1. The van der Waals surface area contributed by atoms with Gasteiger partial charge in [0.2, 0.25) is 0 Å². The summed E-state index contributed by atoms with van der Waals surface area (Å²) in [6, 6.07) is 23.1. The van der Waals surface area contributed by atoms with Gasteiger partial charge in [0, 0.05) is 11.1 Å². The fourth-order valence-electron chi connectivity index (χ4n) is 2.46. The zero-order valence-corrected chi connectivity index (χ0v) is 14.5. The van der Waals surface area contributed by atoms with Gasteiger partial charge in [-0.15, -0.1) is 0 Å². The number of hydrogen-bond donors (Lipinski definition) is 2. The molecule has 0 radical (unpaired) electrons. The average Bonchev–Trinajstić information content (AvgIpc) is 2.63. The van der Waals surface area contributed by atoms with E-state index in [1.807, 2.05) is 60.7 Å². The Morgan fingerprint density at radius 1 is 0.960 bits per heavy atom. The number of benzene rings is 3. The summed E-state index contributed by atoms with van der Waals surface area (Å²) in [5.41, 5.74) is 0.847. The Bertz CT molecular complexity index is 891. The number of rotatable bonds is 4. The molecule has 5 heteroatoms. The standard InChI is InChI=1S/C20H18N2O2S/c1-14(24-16-10-3-2-4-11-16)19(23)22-20(25)21-18-13-7-9-15-8-5-6-12-17(15)18/h2-14H,1H3,(H2,21,22,23,25)/t14-/m1/s1. The number of amides is 1. The molecule has 0 saturated carbocycles. The second-order valence-corrected chi connectivity index (χ2v) is 5.95. The molecule has 0 aliphatic heterocycles. The number of nitrogens with one attached hydrogen (secondary N) is 2. The molecule has 0 saturated heterocycles. The van der Waals surface area contributed by atoms with Crippen LogP contribution < -0.4 is 15.4 Å². The Labute approximate surface area is 151 Å². The number of carbonyl (C=O) groups is 1. The molecule has 3 rings (SSSR count). The summed E-state index contributed by atoms with van der Waals surface area (Å²) in [4.78, 5) is 12.2. The van der Waals surface area contributed by atoms with Crippen LogP contribution >= 0.6 is 12.2 Å². The van der Waals surface area contributed by atoms with Crippen LogP contribution in [0.15, 0.2) is 72.8 Å². The Balaban J connectivity index is 1.62. The molecule has 0 bridgehead atoms. The molecule has 0 aromatic heterocycles. The van der Waals surface area contributed by atoms with Gasteiger partial charge in [0.15, 0.2) is 11.2 Å². The van der Waals surface area contributed by atoms with E-state index in [-0.39, 0.29) is 11.0 Å². The normalized spacial score (nSPS) is 11.6. The van der Waals surface area contributed by atoms with Crippen molar-refractivity contribution < 1.29 is 9.53 Å². The van der Waals surface area contributed by atoms with Crippen LogP contribution in [0, 0.1) is 0 Å². The van der Waals surface area contributed by atoms with Crippen LogP contribution in [0.2, 0.25) is 0 Å². The predicted octanol–water partition coefficient (Wildman–Crippen LogP) is 4.12. The molecular weight excluding hydrogens is 332 g/mol. The highest BCUT2D eigenvalue weighted by molar-refractivity contribution is 7.80. The maximum absolute atomic E-state index is 12.2. The first kappa shape index (κ1) is 16.9. The number of carbonyl (C=O) groups excluding carboxylic acids is 1. The average molecular weight is 350 g/mol. The summed E-state index contributed by atoms with van der Waals surface area (Å²) >= 11 is 5.26. The van der Waals surface area contributed by atoms with Gasteiger partial charge >= 0.3 is 0 Å². The van der Waals surface area contributed by atoms with E-state index in [1.54, 1.807) is 19.1 Å². The molecule has 3 aromatic rings. The fourth-order valence-corrected chi connectivity index (χ4v) is 2.67. The number of ether oxygens (including phenoxy) is 1. The third kappa shape index (κ3) is 4.33. The number of para-hydroxylation sites is 1. The first-order valence-corrected chi connectivity index (χ1v) is 8.35. The van der Waals surface area contributed by atoms with Crippen LogP contribution in [-0.4, -0.2) is 17.1 Å². The summed E-state index contributed by atoms with van der Waals surface area (Å²) < 4.78 is 5.60. The fraction of sp³-hybridized carbons (Fsp3) is 0.100. The second-order valence-electron chi connectivity index (χ2n) is 5.54. The lowest BCUT2D eigenvalue weighted by Gasteiger charge is -2.16. The van der Waals surface area contributed by atoms with Crippen molar-refractivity contribution >= 4 is 39.7 Å². The van der Waals surface area contributed by atoms with E-state index in [1.165, 1.54) is 0 Å². The molecule has 2 N–H and O–H groups in total. The Morgan fingerprint density at radius 2 is 1.64 bits per heavy atom. The maximum atomic E-state index is 12.2. The zero-order chi connectivity index (χ0) is 17.6. The van der Waals surface area contributed by atoms with Crippen molar-refractivity contribution in [2.45, 2.75) is 13.0 Å². The zero-order valence-electron chi connectivity index (χ0n) is 13.7.